The molecule has 0 bridgehead atoms. The van der Waals surface area contributed by atoms with E-state index >= 15 is 0 Å². The maximum Gasteiger partial charge on any atom is 0.277 e. The van der Waals surface area contributed by atoms with Crippen LogP contribution in [0.2, 0.25) is 0 Å². The molecule has 148 valence electrons. The average Bonchev–Trinajstić information content (AvgIpc) is 3.17. The molecule has 0 aliphatic heterocycles. The number of thioether (sulfide) groups is 1. The number of ether oxygens (including phenoxy) is 3. The Hall–Kier alpha value is -2.42. The molecule has 0 saturated carbocycles. The zero-order chi connectivity index (χ0) is 19.6. The van der Waals surface area contributed by atoms with Crippen LogP contribution in [-0.4, -0.2) is 49.7 Å². The Morgan fingerprint density at radius 3 is 2.41 bits per heavy atom. The Labute approximate surface area is 163 Å². The van der Waals surface area contributed by atoms with E-state index in [0.717, 1.165) is 19.3 Å². The second kappa shape index (κ2) is 10.7. The van der Waals surface area contributed by atoms with Gasteiger partial charge in [0.25, 0.3) is 5.22 Å². The topological polar surface area (TPSA) is 95.7 Å². The number of hydrogen-bond donors (Lipinski definition) is 1. The Balaban J connectivity index is 2.02. The van der Waals surface area contributed by atoms with Gasteiger partial charge in [-0.05, 0) is 18.6 Å². The van der Waals surface area contributed by atoms with Gasteiger partial charge >= 0.3 is 0 Å². The molecule has 1 N–H and O–H groups in total. The van der Waals surface area contributed by atoms with E-state index in [1.165, 1.54) is 33.1 Å². The largest absolute Gasteiger partial charge is 0.493 e. The van der Waals surface area contributed by atoms with Gasteiger partial charge < -0.3 is 23.9 Å². The summed E-state index contributed by atoms with van der Waals surface area (Å²) in [6, 6.07) is 3.45. The van der Waals surface area contributed by atoms with E-state index < -0.39 is 0 Å². The van der Waals surface area contributed by atoms with Crippen molar-refractivity contribution in [3.8, 4) is 28.7 Å². The van der Waals surface area contributed by atoms with Crippen molar-refractivity contribution in [2.45, 2.75) is 31.4 Å². The van der Waals surface area contributed by atoms with Gasteiger partial charge in [0.1, 0.15) is 0 Å². The second-order valence-corrected chi connectivity index (χ2v) is 6.56. The van der Waals surface area contributed by atoms with Crippen LogP contribution in [0, 0.1) is 0 Å². The summed E-state index contributed by atoms with van der Waals surface area (Å²) in [5.41, 5.74) is 0.632. The summed E-state index contributed by atoms with van der Waals surface area (Å²) in [6.07, 6.45) is 3.21. The minimum Gasteiger partial charge on any atom is -0.493 e. The molecule has 1 amide bonds. The van der Waals surface area contributed by atoms with E-state index in [1.54, 1.807) is 12.1 Å². The zero-order valence-electron chi connectivity index (χ0n) is 16.0. The lowest BCUT2D eigenvalue weighted by Crippen LogP contribution is -2.26. The van der Waals surface area contributed by atoms with Crippen LogP contribution in [0.4, 0.5) is 0 Å². The van der Waals surface area contributed by atoms with Gasteiger partial charge in [-0.2, -0.15) is 0 Å². The van der Waals surface area contributed by atoms with Crippen molar-refractivity contribution in [3.05, 3.63) is 12.1 Å². The maximum absolute atomic E-state index is 11.8. The van der Waals surface area contributed by atoms with E-state index in [-0.39, 0.29) is 11.7 Å². The van der Waals surface area contributed by atoms with Gasteiger partial charge in [-0.3, -0.25) is 4.79 Å². The highest BCUT2D eigenvalue weighted by Gasteiger charge is 2.18. The lowest BCUT2D eigenvalue weighted by Gasteiger charge is -2.12. The first-order valence-corrected chi connectivity index (χ1v) is 9.64. The molecule has 27 heavy (non-hydrogen) atoms. The van der Waals surface area contributed by atoms with Crippen molar-refractivity contribution < 1.29 is 23.4 Å². The summed E-state index contributed by atoms with van der Waals surface area (Å²) in [4.78, 5) is 11.8. The van der Waals surface area contributed by atoms with Crippen LogP contribution < -0.4 is 19.5 Å². The van der Waals surface area contributed by atoms with E-state index in [0.29, 0.717) is 40.5 Å². The van der Waals surface area contributed by atoms with Crippen LogP contribution in [0.3, 0.4) is 0 Å². The molecule has 0 fully saturated rings. The minimum atomic E-state index is -0.0522. The van der Waals surface area contributed by atoms with Crippen molar-refractivity contribution in [3.63, 3.8) is 0 Å². The SMILES string of the molecule is CCCCCNC(=O)CSc1nnc(-c2cc(OC)c(OC)c(OC)c2)o1. The molecule has 0 aliphatic carbocycles. The highest BCUT2D eigenvalue weighted by molar-refractivity contribution is 7.99. The van der Waals surface area contributed by atoms with E-state index in [2.05, 4.69) is 22.4 Å². The zero-order valence-corrected chi connectivity index (χ0v) is 16.9. The maximum atomic E-state index is 11.8. The standard InChI is InChI=1S/C18H25N3O5S/c1-5-6-7-8-19-15(22)11-27-18-21-20-17(26-18)12-9-13(23-2)16(25-4)14(10-12)24-3/h9-10H,5-8,11H2,1-4H3,(H,19,22). The summed E-state index contributed by atoms with van der Waals surface area (Å²) < 4.78 is 21.6. The fraction of sp³-hybridized carbons (Fsp3) is 0.500. The molecule has 0 atom stereocenters. The van der Waals surface area contributed by atoms with Crippen molar-refractivity contribution in [2.75, 3.05) is 33.6 Å². The Morgan fingerprint density at radius 2 is 1.81 bits per heavy atom. The summed E-state index contributed by atoms with van der Waals surface area (Å²) in [7, 11) is 4.61. The van der Waals surface area contributed by atoms with E-state index in [4.69, 9.17) is 18.6 Å². The Bertz CT molecular complexity index is 725. The van der Waals surface area contributed by atoms with Crippen molar-refractivity contribution in [1.29, 1.82) is 0 Å². The summed E-state index contributed by atoms with van der Waals surface area (Å²) in [5.74, 6) is 1.95. The molecule has 1 aromatic carbocycles. The number of carbonyl (C=O) groups is 1. The van der Waals surface area contributed by atoms with Gasteiger partial charge in [0.15, 0.2) is 11.5 Å². The lowest BCUT2D eigenvalue weighted by atomic mass is 10.2. The van der Waals surface area contributed by atoms with Crippen LogP contribution in [0.5, 0.6) is 17.2 Å². The molecule has 0 spiro atoms. The number of nitrogens with one attached hydrogen (secondary N) is 1. The van der Waals surface area contributed by atoms with Crippen molar-refractivity contribution >= 4 is 17.7 Å². The van der Waals surface area contributed by atoms with Gasteiger partial charge in [-0.1, -0.05) is 31.5 Å². The van der Waals surface area contributed by atoms with E-state index in [1.807, 2.05) is 0 Å². The van der Waals surface area contributed by atoms with Crippen LogP contribution in [0.1, 0.15) is 26.2 Å². The van der Waals surface area contributed by atoms with Crippen LogP contribution >= 0.6 is 11.8 Å². The predicted molar refractivity (Wildman–Crippen MR) is 103 cm³/mol. The molecule has 0 unspecified atom stereocenters. The van der Waals surface area contributed by atoms with Gasteiger partial charge in [-0.25, -0.2) is 0 Å². The fourth-order valence-electron chi connectivity index (χ4n) is 2.37. The Kier molecular flexibility index (Phi) is 8.25. The van der Waals surface area contributed by atoms with Crippen LogP contribution in [0.15, 0.2) is 21.8 Å². The summed E-state index contributed by atoms with van der Waals surface area (Å²) >= 11 is 1.20. The third kappa shape index (κ3) is 5.78. The number of carbonyl (C=O) groups excluding carboxylic acids is 1. The molecule has 0 aliphatic rings. The van der Waals surface area contributed by atoms with Crippen LogP contribution in [0.25, 0.3) is 11.5 Å². The monoisotopic (exact) mass is 395 g/mol. The third-order valence-corrected chi connectivity index (χ3v) is 4.57. The number of amides is 1. The Morgan fingerprint density at radius 1 is 1.11 bits per heavy atom. The van der Waals surface area contributed by atoms with Crippen LogP contribution in [-0.2, 0) is 4.79 Å². The predicted octanol–water partition coefficient (Wildman–Crippen LogP) is 3.16. The first-order valence-electron chi connectivity index (χ1n) is 8.66. The third-order valence-electron chi connectivity index (χ3n) is 3.75. The normalized spacial score (nSPS) is 10.5. The lowest BCUT2D eigenvalue weighted by molar-refractivity contribution is -0.118. The highest BCUT2D eigenvalue weighted by atomic mass is 32.2. The number of methoxy groups -OCH3 is 3. The molecule has 0 radical (unpaired) electrons. The summed E-state index contributed by atoms with van der Waals surface area (Å²) in [6.45, 7) is 2.81. The minimum absolute atomic E-state index is 0.0522. The molecule has 1 heterocycles. The smallest absolute Gasteiger partial charge is 0.277 e. The average molecular weight is 395 g/mol. The van der Waals surface area contributed by atoms with Gasteiger partial charge in [0.05, 0.1) is 27.1 Å². The van der Waals surface area contributed by atoms with Gasteiger partial charge in [0.2, 0.25) is 17.5 Å². The fourth-order valence-corrected chi connectivity index (χ4v) is 2.96. The first-order chi connectivity index (χ1) is 13.1. The molecule has 9 heteroatoms. The van der Waals surface area contributed by atoms with E-state index in [9.17, 15) is 4.79 Å². The van der Waals surface area contributed by atoms with Gasteiger partial charge in [0, 0.05) is 12.1 Å². The molecule has 0 saturated heterocycles. The number of benzene rings is 1. The first kappa shape index (κ1) is 20.9. The van der Waals surface area contributed by atoms with Gasteiger partial charge in [-0.15, -0.1) is 10.2 Å². The quantitative estimate of drug-likeness (QED) is 0.458. The number of hydrogen-bond acceptors (Lipinski definition) is 8. The number of unbranched alkanes of at least 4 members (excludes halogenated alkanes) is 2. The second-order valence-electron chi connectivity index (χ2n) is 5.63. The highest BCUT2D eigenvalue weighted by Crippen LogP contribution is 2.41. The molecule has 8 nitrogen and oxygen atoms in total. The summed E-state index contributed by atoms with van der Waals surface area (Å²) in [5, 5.41) is 11.2. The molecule has 2 rings (SSSR count). The van der Waals surface area contributed by atoms with Crippen molar-refractivity contribution in [1.82, 2.24) is 15.5 Å². The molecule has 1 aromatic heterocycles. The number of aromatic nitrogens is 2. The molecular weight excluding hydrogens is 370 g/mol. The molecular formula is C18H25N3O5S. The number of nitrogens with zero attached hydrogens (tertiary/aromatic N) is 2. The molecule has 2 aromatic rings. The van der Waals surface area contributed by atoms with Crippen molar-refractivity contribution in [2.24, 2.45) is 0 Å². The number of rotatable bonds is 11.